The smallest absolute Gasteiger partial charge is 0.174 e. The van der Waals surface area contributed by atoms with Crippen LogP contribution in [0.5, 0.6) is 0 Å². The Bertz CT molecular complexity index is 421. The average molecular weight is 206 g/mol. The largest absolute Gasteiger partial charge is 0.397 e. The third kappa shape index (κ3) is 1.88. The fourth-order valence-electron chi connectivity index (χ4n) is 0.996. The van der Waals surface area contributed by atoms with E-state index in [-0.39, 0.29) is 0 Å². The molecule has 5 heteroatoms. The Kier molecular flexibility index (Phi) is 2.41. The van der Waals surface area contributed by atoms with Crippen LogP contribution in [0.25, 0.3) is 0 Å². The molecule has 0 unspecified atom stereocenters. The van der Waals surface area contributed by atoms with Gasteiger partial charge >= 0.3 is 0 Å². The van der Waals surface area contributed by atoms with Crippen LogP contribution < -0.4 is 5.73 Å². The van der Waals surface area contributed by atoms with Gasteiger partial charge in [-0.15, -0.1) is 0 Å². The second-order valence-corrected chi connectivity index (χ2v) is 3.84. The van der Waals surface area contributed by atoms with Crippen molar-refractivity contribution in [3.8, 4) is 0 Å². The Morgan fingerprint density at radius 2 is 2.21 bits per heavy atom. The highest BCUT2D eigenvalue weighted by atomic mass is 32.2. The van der Waals surface area contributed by atoms with Crippen LogP contribution >= 0.6 is 11.8 Å². The maximum atomic E-state index is 5.54. The molecule has 0 bridgehead atoms. The summed E-state index contributed by atoms with van der Waals surface area (Å²) in [5, 5.41) is 1.82. The van der Waals surface area contributed by atoms with Gasteiger partial charge in [0.15, 0.2) is 5.16 Å². The number of anilines is 1. The van der Waals surface area contributed by atoms with E-state index in [0.29, 0.717) is 5.69 Å². The summed E-state index contributed by atoms with van der Waals surface area (Å²) in [4.78, 5) is 8.37. The Morgan fingerprint density at radius 1 is 1.36 bits per heavy atom. The molecule has 72 valence electrons. The molecule has 0 aromatic carbocycles. The molecular weight excluding hydrogens is 196 g/mol. The first kappa shape index (κ1) is 9.08. The molecule has 2 aromatic rings. The van der Waals surface area contributed by atoms with Crippen molar-refractivity contribution in [2.75, 3.05) is 5.73 Å². The number of nitrogen functional groups attached to an aromatic ring is 1. The lowest BCUT2D eigenvalue weighted by atomic mass is 10.4. The van der Waals surface area contributed by atoms with E-state index in [1.165, 1.54) is 11.8 Å². The van der Waals surface area contributed by atoms with Crippen LogP contribution in [0.2, 0.25) is 0 Å². The number of pyridine rings is 1. The summed E-state index contributed by atoms with van der Waals surface area (Å²) in [6, 6.07) is 3.72. The molecule has 0 radical (unpaired) electrons. The molecule has 0 aliphatic heterocycles. The van der Waals surface area contributed by atoms with Crippen molar-refractivity contribution in [2.45, 2.75) is 10.2 Å². The maximum absolute atomic E-state index is 5.54. The third-order valence-electron chi connectivity index (χ3n) is 1.73. The summed E-state index contributed by atoms with van der Waals surface area (Å²) in [5.74, 6) is 0. The lowest BCUT2D eigenvalue weighted by molar-refractivity contribution is 0.788. The minimum absolute atomic E-state index is 0.675. The highest BCUT2D eigenvalue weighted by molar-refractivity contribution is 7.99. The van der Waals surface area contributed by atoms with Gasteiger partial charge < -0.3 is 10.3 Å². The molecule has 0 fully saturated rings. The molecule has 0 aliphatic carbocycles. The van der Waals surface area contributed by atoms with E-state index in [0.717, 1.165) is 10.2 Å². The molecule has 14 heavy (non-hydrogen) atoms. The summed E-state index contributed by atoms with van der Waals surface area (Å²) in [6.07, 6.45) is 5.31. The van der Waals surface area contributed by atoms with Gasteiger partial charge in [-0.1, -0.05) is 0 Å². The molecule has 4 nitrogen and oxygen atoms in total. The fraction of sp³-hybridized carbons (Fsp3) is 0.111. The number of rotatable bonds is 2. The van der Waals surface area contributed by atoms with Crippen molar-refractivity contribution in [3.05, 3.63) is 30.7 Å². The Labute approximate surface area is 86.2 Å². The Hall–Kier alpha value is -1.49. The predicted octanol–water partition coefficient (Wildman–Crippen LogP) is 1.55. The SMILES string of the molecule is Cn1ccnc1Sc1ccc(N)cn1. The molecule has 0 saturated heterocycles. The standard InChI is InChI=1S/C9H10N4S/c1-13-5-4-11-9(13)14-8-3-2-7(10)6-12-8/h2-6H,10H2,1H3. The monoisotopic (exact) mass is 206 g/mol. The van der Waals surface area contributed by atoms with Crippen LogP contribution in [0.15, 0.2) is 40.9 Å². The molecule has 0 saturated carbocycles. The van der Waals surface area contributed by atoms with Gasteiger partial charge in [-0.3, -0.25) is 0 Å². The zero-order chi connectivity index (χ0) is 9.97. The maximum Gasteiger partial charge on any atom is 0.174 e. The minimum Gasteiger partial charge on any atom is -0.397 e. The van der Waals surface area contributed by atoms with E-state index >= 15 is 0 Å². The molecule has 0 aliphatic rings. The Morgan fingerprint density at radius 3 is 2.79 bits per heavy atom. The van der Waals surface area contributed by atoms with E-state index in [1.54, 1.807) is 12.4 Å². The molecular formula is C9H10N4S. The van der Waals surface area contributed by atoms with Crippen LogP contribution in [0, 0.1) is 0 Å². The van der Waals surface area contributed by atoms with Crippen LogP contribution in [0.1, 0.15) is 0 Å². The summed E-state index contributed by atoms with van der Waals surface area (Å²) in [5.41, 5.74) is 6.21. The van der Waals surface area contributed by atoms with Crippen LogP contribution in [0.4, 0.5) is 5.69 Å². The van der Waals surface area contributed by atoms with Crippen molar-refractivity contribution < 1.29 is 0 Å². The highest BCUT2D eigenvalue weighted by Gasteiger charge is 2.02. The molecule has 2 heterocycles. The second kappa shape index (κ2) is 3.71. The zero-order valence-corrected chi connectivity index (χ0v) is 8.53. The summed E-state index contributed by atoms with van der Waals surface area (Å²) >= 11 is 1.51. The van der Waals surface area contributed by atoms with Gasteiger partial charge in [0.25, 0.3) is 0 Å². The van der Waals surface area contributed by atoms with Crippen molar-refractivity contribution in [3.63, 3.8) is 0 Å². The number of aromatic nitrogens is 3. The van der Waals surface area contributed by atoms with E-state index in [2.05, 4.69) is 9.97 Å². The topological polar surface area (TPSA) is 56.7 Å². The molecule has 0 spiro atoms. The fourth-order valence-corrected chi connectivity index (χ4v) is 1.74. The molecule has 2 N–H and O–H groups in total. The van der Waals surface area contributed by atoms with Gasteiger partial charge in [0, 0.05) is 19.4 Å². The first-order chi connectivity index (χ1) is 6.75. The molecule has 0 amide bonds. The highest BCUT2D eigenvalue weighted by Crippen LogP contribution is 2.23. The van der Waals surface area contributed by atoms with Crippen LogP contribution in [-0.2, 0) is 7.05 Å². The molecule has 2 aromatic heterocycles. The number of hydrogen-bond acceptors (Lipinski definition) is 4. The van der Waals surface area contributed by atoms with Crippen LogP contribution in [-0.4, -0.2) is 14.5 Å². The van der Waals surface area contributed by atoms with Crippen molar-refractivity contribution in [2.24, 2.45) is 7.05 Å². The van der Waals surface area contributed by atoms with Gasteiger partial charge in [-0.2, -0.15) is 0 Å². The third-order valence-corrected chi connectivity index (χ3v) is 2.76. The van der Waals surface area contributed by atoms with Crippen molar-refractivity contribution in [1.29, 1.82) is 0 Å². The first-order valence-corrected chi connectivity index (χ1v) is 4.94. The predicted molar refractivity (Wildman–Crippen MR) is 56.0 cm³/mol. The lowest BCUT2D eigenvalue weighted by Gasteiger charge is -2.00. The van der Waals surface area contributed by atoms with Crippen molar-refractivity contribution >= 4 is 17.4 Å². The summed E-state index contributed by atoms with van der Waals surface area (Å²) in [7, 11) is 1.95. The number of hydrogen-bond donors (Lipinski definition) is 1. The number of imidazole rings is 1. The first-order valence-electron chi connectivity index (χ1n) is 4.12. The van der Waals surface area contributed by atoms with Crippen LogP contribution in [0.3, 0.4) is 0 Å². The van der Waals surface area contributed by atoms with Crippen molar-refractivity contribution in [1.82, 2.24) is 14.5 Å². The average Bonchev–Trinajstić information content (AvgIpc) is 2.56. The van der Waals surface area contributed by atoms with E-state index in [9.17, 15) is 0 Å². The number of nitrogens with two attached hydrogens (primary N) is 1. The van der Waals surface area contributed by atoms with Gasteiger partial charge in [0.05, 0.1) is 11.9 Å². The van der Waals surface area contributed by atoms with E-state index < -0.39 is 0 Å². The van der Waals surface area contributed by atoms with Gasteiger partial charge in [-0.05, 0) is 23.9 Å². The van der Waals surface area contributed by atoms with Gasteiger partial charge in [-0.25, -0.2) is 9.97 Å². The summed E-state index contributed by atoms with van der Waals surface area (Å²) < 4.78 is 1.95. The zero-order valence-electron chi connectivity index (χ0n) is 7.71. The number of aryl methyl sites for hydroxylation is 1. The molecule has 0 atom stereocenters. The van der Waals surface area contributed by atoms with Gasteiger partial charge in [0.2, 0.25) is 0 Å². The summed E-state index contributed by atoms with van der Waals surface area (Å²) in [6.45, 7) is 0. The number of nitrogens with zero attached hydrogens (tertiary/aromatic N) is 3. The molecule has 2 rings (SSSR count). The normalized spacial score (nSPS) is 10.4. The van der Waals surface area contributed by atoms with E-state index in [4.69, 9.17) is 5.73 Å². The Balaban J connectivity index is 2.19. The van der Waals surface area contributed by atoms with Gasteiger partial charge in [0.1, 0.15) is 5.03 Å². The lowest BCUT2D eigenvalue weighted by Crippen LogP contribution is -1.90. The van der Waals surface area contributed by atoms with E-state index in [1.807, 2.05) is 29.9 Å². The quantitative estimate of drug-likeness (QED) is 0.810. The minimum atomic E-state index is 0.675. The second-order valence-electron chi connectivity index (χ2n) is 2.85.